The van der Waals surface area contributed by atoms with E-state index in [2.05, 4.69) is 33.8 Å². The van der Waals surface area contributed by atoms with Crippen molar-refractivity contribution in [2.24, 2.45) is 0 Å². The predicted octanol–water partition coefficient (Wildman–Crippen LogP) is 4.66. The molecule has 6 nitrogen and oxygen atoms in total. The number of pyridine rings is 1. The maximum Gasteiger partial charge on any atom is 0.227 e. The maximum absolute atomic E-state index is 9.80. The van der Waals surface area contributed by atoms with E-state index in [-0.39, 0.29) is 6.17 Å². The monoisotopic (exact) mass is 365 g/mol. The van der Waals surface area contributed by atoms with Crippen LogP contribution in [0.2, 0.25) is 0 Å². The fourth-order valence-corrected chi connectivity index (χ4v) is 4.01. The van der Waals surface area contributed by atoms with Crippen LogP contribution in [0.25, 0.3) is 22.1 Å². The number of hydrogen-bond donors (Lipinski definition) is 0. The summed E-state index contributed by atoms with van der Waals surface area (Å²) in [5.74, 6) is 0. The molecule has 5 rings (SSSR count). The average molecular weight is 365 g/mol. The van der Waals surface area contributed by atoms with Crippen LogP contribution in [-0.4, -0.2) is 18.2 Å². The second kappa shape index (κ2) is 5.73. The molecule has 0 unspecified atom stereocenters. The lowest BCUT2D eigenvalue weighted by molar-refractivity contribution is 0.649. The van der Waals surface area contributed by atoms with Gasteiger partial charge in [0.1, 0.15) is 18.3 Å². The van der Waals surface area contributed by atoms with Crippen LogP contribution in [0.15, 0.2) is 53.1 Å². The number of furan rings is 1. The number of para-hydroxylation sites is 1. The van der Waals surface area contributed by atoms with Gasteiger partial charge in [-0.3, -0.25) is 0 Å². The zero-order chi connectivity index (χ0) is 19.4. The Morgan fingerprint density at radius 1 is 1.00 bits per heavy atom. The first-order valence-corrected chi connectivity index (χ1v) is 8.91. The summed E-state index contributed by atoms with van der Waals surface area (Å²) in [6, 6.07) is 17.8. The van der Waals surface area contributed by atoms with Gasteiger partial charge in [0.05, 0.1) is 28.2 Å². The van der Waals surface area contributed by atoms with Crippen LogP contribution in [0, 0.1) is 22.7 Å². The van der Waals surface area contributed by atoms with E-state index in [1.807, 2.05) is 43.4 Å². The second-order valence-corrected chi connectivity index (χ2v) is 6.80. The van der Waals surface area contributed by atoms with Crippen molar-refractivity contribution in [3.8, 4) is 12.1 Å². The molecule has 3 heterocycles. The summed E-state index contributed by atoms with van der Waals surface area (Å²) in [5, 5.41) is 21.2. The molecule has 6 heteroatoms. The van der Waals surface area contributed by atoms with Gasteiger partial charge >= 0.3 is 0 Å². The Labute approximate surface area is 161 Å². The van der Waals surface area contributed by atoms with Gasteiger partial charge in [-0.2, -0.15) is 10.5 Å². The third-order valence-corrected chi connectivity index (χ3v) is 5.46. The second-order valence-electron chi connectivity index (χ2n) is 6.80. The smallest absolute Gasteiger partial charge is 0.227 e. The van der Waals surface area contributed by atoms with Crippen molar-refractivity contribution in [1.82, 2.24) is 4.98 Å². The van der Waals surface area contributed by atoms with Crippen molar-refractivity contribution in [3.63, 3.8) is 0 Å². The number of nitrogens with zero attached hydrogens (tertiary/aromatic N) is 5. The van der Waals surface area contributed by atoms with Gasteiger partial charge < -0.3 is 14.2 Å². The lowest BCUT2D eigenvalue weighted by Gasteiger charge is -2.28. The lowest BCUT2D eigenvalue weighted by atomic mass is 10.0. The zero-order valence-electron chi connectivity index (χ0n) is 15.3. The summed E-state index contributed by atoms with van der Waals surface area (Å²) in [5.41, 5.74) is 4.54. The summed E-state index contributed by atoms with van der Waals surface area (Å²) in [6.07, 6.45) is 1.65. The van der Waals surface area contributed by atoms with Gasteiger partial charge in [-0.25, -0.2) is 4.98 Å². The molecular formula is C22H15N5O. The fraction of sp³-hybridized carbons (Fsp3) is 0.136. The SMILES string of the molecule is C[C@H]1N(C)c2ccc(C#N)c(C#N)c2N1c1cccc2c1oc1ncccc12. The Morgan fingerprint density at radius 3 is 2.61 bits per heavy atom. The highest BCUT2D eigenvalue weighted by molar-refractivity contribution is 6.09. The molecule has 0 amide bonds. The van der Waals surface area contributed by atoms with Gasteiger partial charge in [-0.05, 0) is 37.3 Å². The third-order valence-electron chi connectivity index (χ3n) is 5.46. The molecule has 134 valence electrons. The summed E-state index contributed by atoms with van der Waals surface area (Å²) in [4.78, 5) is 8.50. The molecule has 4 aromatic rings. The van der Waals surface area contributed by atoms with E-state index in [9.17, 15) is 10.5 Å². The Hall–Kier alpha value is -4.03. The molecule has 0 aliphatic carbocycles. The van der Waals surface area contributed by atoms with Crippen LogP contribution in [0.3, 0.4) is 0 Å². The number of nitriles is 2. The lowest BCUT2D eigenvalue weighted by Crippen LogP contribution is -2.35. The molecule has 0 spiro atoms. The molecule has 0 saturated heterocycles. The summed E-state index contributed by atoms with van der Waals surface area (Å²) >= 11 is 0. The first-order chi connectivity index (χ1) is 13.7. The van der Waals surface area contributed by atoms with Crippen molar-refractivity contribution in [3.05, 3.63) is 59.8 Å². The molecule has 2 aromatic heterocycles. The standard InChI is InChI=1S/C22H15N5O/c1-13-26(2)18-9-8-14(11-23)17(12-24)20(18)27(13)19-7-3-5-15-16-6-4-10-25-22(16)28-21(15)19/h3-10,13H,1-2H3/t13-/m0/s1. The first-order valence-electron chi connectivity index (χ1n) is 8.91. The van der Waals surface area contributed by atoms with Crippen molar-refractivity contribution in [1.29, 1.82) is 10.5 Å². The zero-order valence-corrected chi connectivity index (χ0v) is 15.3. The van der Waals surface area contributed by atoms with E-state index in [0.717, 1.165) is 33.4 Å². The minimum Gasteiger partial charge on any atom is -0.436 e. The molecule has 1 atom stereocenters. The molecule has 0 fully saturated rings. The molecule has 1 aliphatic heterocycles. The van der Waals surface area contributed by atoms with Crippen LogP contribution in [0.1, 0.15) is 18.1 Å². The summed E-state index contributed by atoms with van der Waals surface area (Å²) in [7, 11) is 1.98. The number of fused-ring (bicyclic) bond motifs is 4. The Balaban J connectivity index is 1.85. The maximum atomic E-state index is 9.80. The van der Waals surface area contributed by atoms with E-state index in [0.29, 0.717) is 16.8 Å². The van der Waals surface area contributed by atoms with E-state index in [1.54, 1.807) is 12.3 Å². The highest BCUT2D eigenvalue weighted by atomic mass is 16.3. The summed E-state index contributed by atoms with van der Waals surface area (Å²) in [6.45, 7) is 2.06. The van der Waals surface area contributed by atoms with Gasteiger partial charge in [0.15, 0.2) is 5.58 Å². The van der Waals surface area contributed by atoms with Crippen LogP contribution in [-0.2, 0) is 0 Å². The van der Waals surface area contributed by atoms with Gasteiger partial charge in [-0.1, -0.05) is 12.1 Å². The van der Waals surface area contributed by atoms with E-state index >= 15 is 0 Å². The molecule has 28 heavy (non-hydrogen) atoms. The van der Waals surface area contributed by atoms with Gasteiger partial charge in [0, 0.05) is 24.0 Å². The largest absolute Gasteiger partial charge is 0.436 e. The normalized spacial score (nSPS) is 15.6. The van der Waals surface area contributed by atoms with Crippen molar-refractivity contribution < 1.29 is 4.42 Å². The minimum atomic E-state index is -0.0529. The number of aromatic nitrogens is 1. The average Bonchev–Trinajstić information content (AvgIpc) is 3.23. The van der Waals surface area contributed by atoms with E-state index in [4.69, 9.17) is 4.42 Å². The Bertz CT molecular complexity index is 1340. The molecule has 0 N–H and O–H groups in total. The van der Waals surface area contributed by atoms with Crippen molar-refractivity contribution in [2.45, 2.75) is 13.1 Å². The van der Waals surface area contributed by atoms with Crippen molar-refractivity contribution >= 4 is 39.1 Å². The predicted molar refractivity (Wildman–Crippen MR) is 107 cm³/mol. The molecule has 0 radical (unpaired) electrons. The van der Waals surface area contributed by atoms with Crippen molar-refractivity contribution in [2.75, 3.05) is 16.8 Å². The molecular weight excluding hydrogens is 350 g/mol. The highest BCUT2D eigenvalue weighted by Gasteiger charge is 2.36. The number of rotatable bonds is 1. The minimum absolute atomic E-state index is 0.0529. The highest BCUT2D eigenvalue weighted by Crippen LogP contribution is 2.48. The summed E-state index contributed by atoms with van der Waals surface area (Å²) < 4.78 is 6.11. The van der Waals surface area contributed by atoms with Gasteiger partial charge in [0.2, 0.25) is 5.71 Å². The topological polar surface area (TPSA) is 80.1 Å². The molecule has 0 bridgehead atoms. The van der Waals surface area contributed by atoms with Crippen LogP contribution in [0.4, 0.5) is 17.1 Å². The Morgan fingerprint density at radius 2 is 1.82 bits per heavy atom. The van der Waals surface area contributed by atoms with E-state index in [1.165, 1.54) is 0 Å². The Kier molecular flexibility index (Phi) is 3.31. The number of hydrogen-bond acceptors (Lipinski definition) is 6. The number of benzene rings is 2. The first kappa shape index (κ1) is 16.2. The van der Waals surface area contributed by atoms with Crippen LogP contribution in [0.5, 0.6) is 0 Å². The number of anilines is 3. The molecule has 2 aromatic carbocycles. The van der Waals surface area contributed by atoms with Crippen LogP contribution < -0.4 is 9.80 Å². The molecule has 1 aliphatic rings. The van der Waals surface area contributed by atoms with Crippen LogP contribution >= 0.6 is 0 Å². The third kappa shape index (κ3) is 1.97. The quantitative estimate of drug-likeness (QED) is 0.488. The van der Waals surface area contributed by atoms with E-state index < -0.39 is 0 Å². The van der Waals surface area contributed by atoms with Gasteiger partial charge in [-0.15, -0.1) is 0 Å². The van der Waals surface area contributed by atoms with Gasteiger partial charge in [0.25, 0.3) is 0 Å². The molecule has 0 saturated carbocycles. The fourth-order valence-electron chi connectivity index (χ4n) is 4.01.